The highest BCUT2D eigenvalue weighted by atomic mass is 32.1. The van der Waals surface area contributed by atoms with Crippen molar-refractivity contribution in [3.63, 3.8) is 0 Å². The second kappa shape index (κ2) is 9.27. The molecule has 1 saturated heterocycles. The van der Waals surface area contributed by atoms with E-state index in [-0.39, 0.29) is 10.7 Å². The monoisotopic (exact) mass is 472 g/mol. The topological polar surface area (TPSA) is 57.6 Å². The second-order valence-corrected chi connectivity index (χ2v) is 8.94. The van der Waals surface area contributed by atoms with Crippen LogP contribution in [0.2, 0.25) is 0 Å². The van der Waals surface area contributed by atoms with Crippen molar-refractivity contribution in [3.8, 4) is 5.69 Å². The minimum absolute atomic E-state index is 0.0522. The summed E-state index contributed by atoms with van der Waals surface area (Å²) < 4.78 is 2.11. The van der Waals surface area contributed by atoms with E-state index in [9.17, 15) is 9.59 Å². The average Bonchev–Trinajstić information content (AvgIpc) is 3.09. The van der Waals surface area contributed by atoms with Crippen LogP contribution in [0.5, 0.6) is 0 Å². The Morgan fingerprint density at radius 3 is 2.18 bits per heavy atom. The SMILES string of the molecule is CCc1ccc(N2C(=O)C(=Cc3cc(C)n(-c4ccc(N(C)C)cc4)c3C)C(=O)NC2=S)cc1. The van der Waals surface area contributed by atoms with Crippen molar-refractivity contribution < 1.29 is 9.59 Å². The molecule has 1 fully saturated rings. The molecule has 4 rings (SSSR count). The quantitative estimate of drug-likeness (QED) is 0.336. The Morgan fingerprint density at radius 2 is 1.59 bits per heavy atom. The molecule has 7 heteroatoms. The van der Waals surface area contributed by atoms with Gasteiger partial charge in [0.15, 0.2) is 5.11 Å². The van der Waals surface area contributed by atoms with Gasteiger partial charge in [-0.05, 0) is 92.2 Å². The molecular formula is C27H28N4O2S. The smallest absolute Gasteiger partial charge is 0.270 e. The number of aryl methyl sites for hydroxylation is 2. The molecule has 2 amide bonds. The molecule has 0 bridgehead atoms. The van der Waals surface area contributed by atoms with Crippen molar-refractivity contribution in [1.29, 1.82) is 0 Å². The van der Waals surface area contributed by atoms with E-state index in [1.165, 1.54) is 4.90 Å². The molecular weight excluding hydrogens is 444 g/mol. The molecule has 0 unspecified atom stereocenters. The largest absolute Gasteiger partial charge is 0.378 e. The maximum Gasteiger partial charge on any atom is 0.270 e. The summed E-state index contributed by atoms with van der Waals surface area (Å²) in [5, 5.41) is 2.75. The van der Waals surface area contributed by atoms with Gasteiger partial charge >= 0.3 is 0 Å². The number of benzene rings is 2. The fourth-order valence-electron chi connectivity index (χ4n) is 4.16. The number of aromatic nitrogens is 1. The van der Waals surface area contributed by atoms with Crippen molar-refractivity contribution in [3.05, 3.63) is 82.7 Å². The number of hydrogen-bond donors (Lipinski definition) is 1. The predicted molar refractivity (Wildman–Crippen MR) is 142 cm³/mol. The number of thiocarbonyl (C=S) groups is 1. The van der Waals surface area contributed by atoms with Gasteiger partial charge in [0.1, 0.15) is 5.57 Å². The highest BCUT2D eigenvalue weighted by molar-refractivity contribution is 7.80. The summed E-state index contributed by atoms with van der Waals surface area (Å²) >= 11 is 5.32. The Labute approximate surface area is 205 Å². The Morgan fingerprint density at radius 1 is 0.971 bits per heavy atom. The fourth-order valence-corrected chi connectivity index (χ4v) is 4.44. The third-order valence-corrected chi connectivity index (χ3v) is 6.38. The molecule has 0 aliphatic carbocycles. The molecule has 0 atom stereocenters. The van der Waals surface area contributed by atoms with Gasteiger partial charge in [-0.3, -0.25) is 19.8 Å². The van der Waals surface area contributed by atoms with Crippen LogP contribution in [0, 0.1) is 13.8 Å². The van der Waals surface area contributed by atoms with E-state index in [2.05, 4.69) is 41.1 Å². The third kappa shape index (κ3) is 4.26. The number of anilines is 2. The molecule has 6 nitrogen and oxygen atoms in total. The lowest BCUT2D eigenvalue weighted by atomic mass is 10.1. The molecule has 0 saturated carbocycles. The zero-order valence-electron chi connectivity index (χ0n) is 20.0. The van der Waals surface area contributed by atoms with Gasteiger partial charge in [0.25, 0.3) is 11.8 Å². The third-order valence-electron chi connectivity index (χ3n) is 6.10. The Balaban J connectivity index is 1.71. The van der Waals surface area contributed by atoms with Gasteiger partial charge in [-0.25, -0.2) is 0 Å². The lowest BCUT2D eigenvalue weighted by molar-refractivity contribution is -0.122. The van der Waals surface area contributed by atoms with Crippen LogP contribution < -0.4 is 15.1 Å². The van der Waals surface area contributed by atoms with Crippen LogP contribution in [0.4, 0.5) is 11.4 Å². The molecule has 2 aromatic carbocycles. The first kappa shape index (κ1) is 23.4. The van der Waals surface area contributed by atoms with Crippen molar-refractivity contribution in [2.24, 2.45) is 0 Å². The lowest BCUT2D eigenvalue weighted by Gasteiger charge is -2.29. The van der Waals surface area contributed by atoms with Crippen LogP contribution in [0.15, 0.2) is 60.2 Å². The summed E-state index contributed by atoms with van der Waals surface area (Å²) in [4.78, 5) is 29.5. The molecule has 1 aliphatic heterocycles. The molecule has 174 valence electrons. The van der Waals surface area contributed by atoms with Gasteiger partial charge in [-0.1, -0.05) is 19.1 Å². The molecule has 1 aromatic heterocycles. The van der Waals surface area contributed by atoms with E-state index in [1.54, 1.807) is 6.08 Å². The lowest BCUT2D eigenvalue weighted by Crippen LogP contribution is -2.54. The minimum Gasteiger partial charge on any atom is -0.378 e. The average molecular weight is 473 g/mol. The van der Waals surface area contributed by atoms with E-state index < -0.39 is 11.8 Å². The highest BCUT2D eigenvalue weighted by Crippen LogP contribution is 2.27. The van der Waals surface area contributed by atoms with Crippen molar-refractivity contribution >= 4 is 46.6 Å². The first-order chi connectivity index (χ1) is 16.2. The van der Waals surface area contributed by atoms with Gasteiger partial charge < -0.3 is 9.47 Å². The van der Waals surface area contributed by atoms with Gasteiger partial charge in [0.05, 0.1) is 5.69 Å². The van der Waals surface area contributed by atoms with Gasteiger partial charge in [-0.15, -0.1) is 0 Å². The number of carbonyl (C=O) groups excluding carboxylic acids is 2. The van der Waals surface area contributed by atoms with Crippen molar-refractivity contribution in [1.82, 2.24) is 9.88 Å². The van der Waals surface area contributed by atoms with Crippen molar-refractivity contribution in [2.75, 3.05) is 23.9 Å². The Kier molecular flexibility index (Phi) is 6.39. The van der Waals surface area contributed by atoms with E-state index in [0.717, 1.165) is 40.3 Å². The molecule has 1 aliphatic rings. The summed E-state index contributed by atoms with van der Waals surface area (Å²) in [5.74, 6) is -0.922. The normalized spacial score (nSPS) is 15.1. The van der Waals surface area contributed by atoms with Gasteiger partial charge in [0, 0.05) is 36.9 Å². The zero-order valence-corrected chi connectivity index (χ0v) is 20.9. The van der Waals surface area contributed by atoms with Crippen LogP contribution in [-0.2, 0) is 16.0 Å². The predicted octanol–water partition coefficient (Wildman–Crippen LogP) is 4.55. The highest BCUT2D eigenvalue weighted by Gasteiger charge is 2.34. The van der Waals surface area contributed by atoms with Crippen molar-refractivity contribution in [2.45, 2.75) is 27.2 Å². The summed E-state index contributed by atoms with van der Waals surface area (Å²) in [5.41, 5.74) is 6.72. The molecule has 3 aromatic rings. The summed E-state index contributed by atoms with van der Waals surface area (Å²) in [7, 11) is 4.01. The fraction of sp³-hybridized carbons (Fsp3) is 0.222. The summed E-state index contributed by atoms with van der Waals surface area (Å²) in [6.07, 6.45) is 2.55. The molecule has 0 radical (unpaired) electrons. The number of nitrogens with zero attached hydrogens (tertiary/aromatic N) is 3. The number of carbonyl (C=O) groups is 2. The number of amides is 2. The van der Waals surface area contributed by atoms with Crippen LogP contribution in [0.25, 0.3) is 11.8 Å². The van der Waals surface area contributed by atoms with E-state index in [0.29, 0.717) is 5.69 Å². The number of hydrogen-bond acceptors (Lipinski definition) is 4. The molecule has 2 heterocycles. The van der Waals surface area contributed by atoms with E-state index >= 15 is 0 Å². The Hall–Kier alpha value is -3.71. The molecule has 1 N–H and O–H groups in total. The Bertz CT molecular complexity index is 1300. The number of rotatable bonds is 5. The maximum absolute atomic E-state index is 13.4. The molecule has 34 heavy (non-hydrogen) atoms. The first-order valence-corrected chi connectivity index (χ1v) is 11.6. The van der Waals surface area contributed by atoms with Crippen LogP contribution >= 0.6 is 12.2 Å². The number of nitrogens with one attached hydrogen (secondary N) is 1. The maximum atomic E-state index is 13.4. The summed E-state index contributed by atoms with van der Waals surface area (Å²) in [6.45, 7) is 6.06. The van der Waals surface area contributed by atoms with Crippen LogP contribution in [-0.4, -0.2) is 35.6 Å². The van der Waals surface area contributed by atoms with Crippen LogP contribution in [0.3, 0.4) is 0 Å². The van der Waals surface area contributed by atoms with Crippen LogP contribution in [0.1, 0.15) is 29.4 Å². The second-order valence-electron chi connectivity index (χ2n) is 8.55. The minimum atomic E-state index is -0.489. The zero-order chi connectivity index (χ0) is 24.6. The molecule has 0 spiro atoms. The summed E-state index contributed by atoms with van der Waals surface area (Å²) in [6, 6.07) is 17.8. The van der Waals surface area contributed by atoms with Gasteiger partial charge in [0.2, 0.25) is 0 Å². The van der Waals surface area contributed by atoms with E-state index in [1.807, 2.05) is 63.2 Å². The standard InChI is InChI=1S/C27H28N4O2S/c1-6-19-7-9-23(10-8-19)31-26(33)24(25(32)28-27(31)34)16-20-15-17(2)30(18(20)3)22-13-11-21(12-14-22)29(4)5/h7-16H,6H2,1-5H3,(H,28,32,34). The first-order valence-electron chi connectivity index (χ1n) is 11.2. The van der Waals surface area contributed by atoms with Gasteiger partial charge in [-0.2, -0.15) is 0 Å². The van der Waals surface area contributed by atoms with E-state index in [4.69, 9.17) is 12.2 Å².